The first-order valence-electron chi connectivity index (χ1n) is 5.90. The fraction of sp³-hybridized carbons (Fsp3) is 0.133. The Morgan fingerprint density at radius 3 is 2.53 bits per heavy atom. The standard InChI is InChI=1S/C15H15NO3/c1-19-14-5-3-2-4-12(14)10-16-15(18)11-6-8-13(17)9-7-11/h2-9,17H,10H2,1H3,(H,16,18). The van der Waals surface area contributed by atoms with Gasteiger partial charge >= 0.3 is 0 Å². The second kappa shape index (κ2) is 5.91. The SMILES string of the molecule is COc1ccccc1CNC(=O)c1ccc(O)cc1. The second-order valence-corrected chi connectivity index (χ2v) is 4.04. The zero-order valence-corrected chi connectivity index (χ0v) is 10.6. The van der Waals surface area contributed by atoms with Crippen LogP contribution < -0.4 is 10.1 Å². The van der Waals surface area contributed by atoms with Crippen molar-refractivity contribution in [2.45, 2.75) is 6.54 Å². The number of para-hydroxylation sites is 1. The van der Waals surface area contributed by atoms with E-state index in [0.717, 1.165) is 11.3 Å². The topological polar surface area (TPSA) is 58.6 Å². The van der Waals surface area contributed by atoms with Gasteiger partial charge in [-0.05, 0) is 30.3 Å². The predicted molar refractivity (Wildman–Crippen MR) is 72.3 cm³/mol. The average Bonchev–Trinajstić information content (AvgIpc) is 2.45. The molecule has 98 valence electrons. The molecule has 0 saturated carbocycles. The van der Waals surface area contributed by atoms with Crippen molar-refractivity contribution in [2.24, 2.45) is 0 Å². The molecule has 0 aromatic heterocycles. The molecule has 0 aliphatic carbocycles. The molecular weight excluding hydrogens is 242 g/mol. The third-order valence-electron chi connectivity index (χ3n) is 2.76. The van der Waals surface area contributed by atoms with Gasteiger partial charge in [0.05, 0.1) is 7.11 Å². The number of carbonyl (C=O) groups is 1. The summed E-state index contributed by atoms with van der Waals surface area (Å²) in [7, 11) is 1.60. The first kappa shape index (κ1) is 13.0. The van der Waals surface area contributed by atoms with E-state index in [0.29, 0.717) is 12.1 Å². The molecule has 0 fully saturated rings. The van der Waals surface area contributed by atoms with Crippen molar-refractivity contribution >= 4 is 5.91 Å². The lowest BCUT2D eigenvalue weighted by Gasteiger charge is -2.09. The molecule has 4 nitrogen and oxygen atoms in total. The Balaban J connectivity index is 2.02. The third kappa shape index (κ3) is 3.25. The van der Waals surface area contributed by atoms with E-state index in [-0.39, 0.29) is 11.7 Å². The van der Waals surface area contributed by atoms with Crippen LogP contribution in [0.2, 0.25) is 0 Å². The smallest absolute Gasteiger partial charge is 0.251 e. The van der Waals surface area contributed by atoms with E-state index in [1.807, 2.05) is 24.3 Å². The summed E-state index contributed by atoms with van der Waals surface area (Å²) in [4.78, 5) is 11.9. The molecule has 0 bridgehead atoms. The zero-order valence-electron chi connectivity index (χ0n) is 10.6. The summed E-state index contributed by atoms with van der Waals surface area (Å²) in [6.07, 6.45) is 0. The van der Waals surface area contributed by atoms with Gasteiger partial charge in [0.2, 0.25) is 0 Å². The van der Waals surface area contributed by atoms with Gasteiger partial charge in [0.25, 0.3) is 5.91 Å². The van der Waals surface area contributed by atoms with Gasteiger partial charge in [0, 0.05) is 17.7 Å². The largest absolute Gasteiger partial charge is 0.508 e. The lowest BCUT2D eigenvalue weighted by Crippen LogP contribution is -2.22. The van der Waals surface area contributed by atoms with E-state index in [4.69, 9.17) is 9.84 Å². The molecule has 0 aliphatic heterocycles. The van der Waals surface area contributed by atoms with Crippen LogP contribution in [0.25, 0.3) is 0 Å². The van der Waals surface area contributed by atoms with Crippen LogP contribution in [0, 0.1) is 0 Å². The molecule has 2 N–H and O–H groups in total. The average molecular weight is 257 g/mol. The number of phenolic OH excluding ortho intramolecular Hbond substituents is 1. The van der Waals surface area contributed by atoms with Gasteiger partial charge in [0.1, 0.15) is 11.5 Å². The molecule has 19 heavy (non-hydrogen) atoms. The van der Waals surface area contributed by atoms with Gasteiger partial charge in [-0.1, -0.05) is 18.2 Å². The maximum Gasteiger partial charge on any atom is 0.251 e. The molecule has 0 saturated heterocycles. The van der Waals surface area contributed by atoms with Crippen molar-refractivity contribution in [3.63, 3.8) is 0 Å². The van der Waals surface area contributed by atoms with Gasteiger partial charge in [0.15, 0.2) is 0 Å². The Hall–Kier alpha value is -2.49. The Morgan fingerprint density at radius 1 is 1.16 bits per heavy atom. The second-order valence-electron chi connectivity index (χ2n) is 4.04. The van der Waals surface area contributed by atoms with E-state index in [9.17, 15) is 4.79 Å². The quantitative estimate of drug-likeness (QED) is 0.883. The minimum Gasteiger partial charge on any atom is -0.508 e. The third-order valence-corrected chi connectivity index (χ3v) is 2.76. The monoisotopic (exact) mass is 257 g/mol. The van der Waals surface area contributed by atoms with Crippen molar-refractivity contribution in [2.75, 3.05) is 7.11 Å². The van der Waals surface area contributed by atoms with E-state index in [2.05, 4.69) is 5.32 Å². The van der Waals surface area contributed by atoms with Crippen LogP contribution in [0.4, 0.5) is 0 Å². The number of carbonyl (C=O) groups excluding carboxylic acids is 1. The van der Waals surface area contributed by atoms with Crippen LogP contribution in [0.3, 0.4) is 0 Å². The van der Waals surface area contributed by atoms with E-state index < -0.39 is 0 Å². The summed E-state index contributed by atoms with van der Waals surface area (Å²) in [6, 6.07) is 13.6. The number of hydrogen-bond donors (Lipinski definition) is 2. The molecule has 2 aromatic rings. The summed E-state index contributed by atoms with van der Waals surface area (Å²) in [5.41, 5.74) is 1.42. The number of ether oxygens (including phenoxy) is 1. The number of benzene rings is 2. The molecule has 0 radical (unpaired) electrons. The fourth-order valence-corrected chi connectivity index (χ4v) is 1.74. The molecule has 0 unspecified atom stereocenters. The van der Waals surface area contributed by atoms with E-state index in [1.54, 1.807) is 19.2 Å². The maximum atomic E-state index is 11.9. The van der Waals surface area contributed by atoms with Gasteiger partial charge in [-0.2, -0.15) is 0 Å². The number of phenols is 1. The van der Waals surface area contributed by atoms with Crippen LogP contribution >= 0.6 is 0 Å². The van der Waals surface area contributed by atoms with Crippen molar-refractivity contribution in [1.29, 1.82) is 0 Å². The number of aromatic hydroxyl groups is 1. The molecule has 0 spiro atoms. The highest BCUT2D eigenvalue weighted by Crippen LogP contribution is 2.17. The summed E-state index contributed by atoms with van der Waals surface area (Å²) in [6.45, 7) is 0.393. The molecular formula is C15H15NO3. The van der Waals surface area contributed by atoms with Gasteiger partial charge in [-0.15, -0.1) is 0 Å². The molecule has 2 aromatic carbocycles. The molecule has 1 amide bonds. The summed E-state index contributed by atoms with van der Waals surface area (Å²) < 4.78 is 5.21. The zero-order chi connectivity index (χ0) is 13.7. The Morgan fingerprint density at radius 2 is 1.84 bits per heavy atom. The summed E-state index contributed by atoms with van der Waals surface area (Å²) in [5.74, 6) is 0.695. The van der Waals surface area contributed by atoms with Crippen LogP contribution in [0.1, 0.15) is 15.9 Å². The Bertz CT molecular complexity index is 564. The van der Waals surface area contributed by atoms with Gasteiger partial charge in [-0.25, -0.2) is 0 Å². The van der Waals surface area contributed by atoms with Crippen molar-refractivity contribution in [3.05, 3.63) is 59.7 Å². The highest BCUT2D eigenvalue weighted by atomic mass is 16.5. The Kier molecular flexibility index (Phi) is 4.03. The minimum atomic E-state index is -0.189. The van der Waals surface area contributed by atoms with Crippen LogP contribution in [0.5, 0.6) is 11.5 Å². The van der Waals surface area contributed by atoms with Gasteiger partial charge in [-0.3, -0.25) is 4.79 Å². The summed E-state index contributed by atoms with van der Waals surface area (Å²) in [5, 5.41) is 12.0. The normalized spacial score (nSPS) is 9.95. The van der Waals surface area contributed by atoms with Crippen LogP contribution in [0.15, 0.2) is 48.5 Å². The fourth-order valence-electron chi connectivity index (χ4n) is 1.74. The Labute approximate surface area is 111 Å². The van der Waals surface area contributed by atoms with Crippen LogP contribution in [-0.2, 0) is 6.54 Å². The van der Waals surface area contributed by atoms with Crippen molar-refractivity contribution in [3.8, 4) is 11.5 Å². The van der Waals surface area contributed by atoms with Crippen LogP contribution in [-0.4, -0.2) is 18.1 Å². The lowest BCUT2D eigenvalue weighted by atomic mass is 10.1. The van der Waals surface area contributed by atoms with Crippen molar-refractivity contribution in [1.82, 2.24) is 5.32 Å². The highest BCUT2D eigenvalue weighted by Gasteiger charge is 2.07. The highest BCUT2D eigenvalue weighted by molar-refractivity contribution is 5.94. The van der Waals surface area contributed by atoms with E-state index in [1.165, 1.54) is 12.1 Å². The number of rotatable bonds is 4. The maximum absolute atomic E-state index is 11.9. The lowest BCUT2D eigenvalue weighted by molar-refractivity contribution is 0.0950. The molecule has 2 rings (SSSR count). The number of methoxy groups -OCH3 is 1. The summed E-state index contributed by atoms with van der Waals surface area (Å²) >= 11 is 0. The minimum absolute atomic E-state index is 0.140. The molecule has 4 heteroatoms. The predicted octanol–water partition coefficient (Wildman–Crippen LogP) is 2.33. The number of hydrogen-bond acceptors (Lipinski definition) is 3. The van der Waals surface area contributed by atoms with E-state index >= 15 is 0 Å². The molecule has 0 aliphatic rings. The van der Waals surface area contributed by atoms with Gasteiger partial charge < -0.3 is 15.2 Å². The number of nitrogens with one attached hydrogen (secondary N) is 1. The first-order valence-corrected chi connectivity index (χ1v) is 5.90. The first-order chi connectivity index (χ1) is 9.20. The molecule has 0 atom stereocenters. The van der Waals surface area contributed by atoms with Crippen molar-refractivity contribution < 1.29 is 14.6 Å². The molecule has 0 heterocycles. The number of amides is 1.